The normalized spacial score (nSPS) is 15.3. The van der Waals surface area contributed by atoms with Gasteiger partial charge in [0, 0.05) is 26.1 Å². The number of amides is 3. The summed E-state index contributed by atoms with van der Waals surface area (Å²) >= 11 is 0. The number of nitrogens with zero attached hydrogens (tertiary/aromatic N) is 1. The largest absolute Gasteiger partial charge is 0.356 e. The monoisotopic (exact) mass is 321 g/mol. The quantitative estimate of drug-likeness (QED) is 0.876. The summed E-state index contributed by atoms with van der Waals surface area (Å²) in [5.41, 5.74) is 0.210. The Morgan fingerprint density at radius 1 is 1.26 bits per heavy atom. The summed E-state index contributed by atoms with van der Waals surface area (Å²) in [6, 6.07) is 5.90. The van der Waals surface area contributed by atoms with Crippen LogP contribution in [0.4, 0.5) is 14.9 Å². The summed E-state index contributed by atoms with van der Waals surface area (Å²) in [4.78, 5) is 25.1. The molecule has 0 saturated carbocycles. The second kappa shape index (κ2) is 8.50. The Kier molecular flexibility index (Phi) is 6.38. The Morgan fingerprint density at radius 3 is 2.61 bits per heavy atom. The van der Waals surface area contributed by atoms with Gasteiger partial charge in [0.15, 0.2) is 0 Å². The van der Waals surface area contributed by atoms with Crippen LogP contribution in [0.15, 0.2) is 24.3 Å². The maximum absolute atomic E-state index is 13.5. The molecule has 1 saturated heterocycles. The number of para-hydroxylation sites is 1. The van der Waals surface area contributed by atoms with E-state index in [-0.39, 0.29) is 17.6 Å². The number of nitrogens with one attached hydrogen (secondary N) is 2. The molecule has 1 heterocycles. The topological polar surface area (TPSA) is 61.4 Å². The zero-order valence-corrected chi connectivity index (χ0v) is 13.5. The minimum absolute atomic E-state index is 0.0756. The van der Waals surface area contributed by atoms with Crippen LogP contribution in [0.2, 0.25) is 0 Å². The van der Waals surface area contributed by atoms with Crippen molar-refractivity contribution in [3.05, 3.63) is 30.1 Å². The van der Waals surface area contributed by atoms with Crippen LogP contribution in [0.25, 0.3) is 0 Å². The second-order valence-electron chi connectivity index (χ2n) is 5.83. The lowest BCUT2D eigenvalue weighted by Crippen LogP contribution is -2.41. The third-order valence-corrected chi connectivity index (χ3v) is 4.21. The number of carbonyl (C=O) groups excluding carboxylic acids is 2. The van der Waals surface area contributed by atoms with Crippen LogP contribution >= 0.6 is 0 Å². The van der Waals surface area contributed by atoms with Crippen LogP contribution in [0.3, 0.4) is 0 Å². The first kappa shape index (κ1) is 17.2. The van der Waals surface area contributed by atoms with Gasteiger partial charge in [-0.1, -0.05) is 19.1 Å². The first-order chi connectivity index (χ1) is 11.1. The lowest BCUT2D eigenvalue weighted by molar-refractivity contribution is -0.120. The molecule has 0 atom stereocenters. The molecule has 0 radical (unpaired) electrons. The molecule has 1 aromatic carbocycles. The van der Waals surface area contributed by atoms with Crippen molar-refractivity contribution in [2.45, 2.75) is 32.6 Å². The molecule has 1 aromatic rings. The predicted molar refractivity (Wildman–Crippen MR) is 87.6 cm³/mol. The molecule has 2 rings (SSSR count). The zero-order chi connectivity index (χ0) is 16.7. The molecular formula is C17H24FN3O2. The number of carbonyl (C=O) groups is 2. The first-order valence-electron chi connectivity index (χ1n) is 8.17. The van der Waals surface area contributed by atoms with Crippen molar-refractivity contribution >= 4 is 17.6 Å². The van der Waals surface area contributed by atoms with Crippen molar-refractivity contribution in [1.29, 1.82) is 0 Å². The van der Waals surface area contributed by atoms with Gasteiger partial charge in [0.25, 0.3) is 0 Å². The smallest absolute Gasteiger partial charge is 0.321 e. The van der Waals surface area contributed by atoms with E-state index in [1.54, 1.807) is 23.1 Å². The minimum Gasteiger partial charge on any atom is -0.356 e. The van der Waals surface area contributed by atoms with E-state index < -0.39 is 5.82 Å². The lowest BCUT2D eigenvalue weighted by atomic mass is 9.94. The zero-order valence-electron chi connectivity index (χ0n) is 13.5. The number of urea groups is 1. The molecular weight excluding hydrogens is 297 g/mol. The highest BCUT2D eigenvalue weighted by atomic mass is 19.1. The van der Waals surface area contributed by atoms with E-state index in [0.29, 0.717) is 32.0 Å². The second-order valence-corrected chi connectivity index (χ2v) is 5.83. The van der Waals surface area contributed by atoms with Crippen molar-refractivity contribution < 1.29 is 14.0 Å². The molecule has 0 aliphatic carbocycles. The lowest BCUT2D eigenvalue weighted by Gasteiger charge is -2.32. The Labute approximate surface area is 136 Å². The molecule has 1 aliphatic rings. The molecule has 0 aromatic heterocycles. The van der Waals surface area contributed by atoms with Crippen LogP contribution in [0.5, 0.6) is 0 Å². The minimum atomic E-state index is -0.428. The Bertz CT molecular complexity index is 542. The maximum Gasteiger partial charge on any atom is 0.321 e. The van der Waals surface area contributed by atoms with E-state index in [2.05, 4.69) is 10.6 Å². The van der Waals surface area contributed by atoms with Crippen molar-refractivity contribution in [2.24, 2.45) is 5.92 Å². The van der Waals surface area contributed by atoms with Crippen LogP contribution in [-0.4, -0.2) is 36.5 Å². The molecule has 6 heteroatoms. The summed E-state index contributed by atoms with van der Waals surface area (Å²) in [6.45, 7) is 3.85. The fourth-order valence-corrected chi connectivity index (χ4v) is 2.72. The fourth-order valence-electron chi connectivity index (χ4n) is 2.72. The van der Waals surface area contributed by atoms with Gasteiger partial charge in [0.1, 0.15) is 5.82 Å². The average Bonchev–Trinajstić information content (AvgIpc) is 2.57. The SMILES string of the molecule is CCC(=O)NCCC1CCN(C(=O)Nc2ccccc2F)CC1. The third-order valence-electron chi connectivity index (χ3n) is 4.21. The highest BCUT2D eigenvalue weighted by Crippen LogP contribution is 2.21. The summed E-state index contributed by atoms with van der Waals surface area (Å²) < 4.78 is 13.5. The summed E-state index contributed by atoms with van der Waals surface area (Å²) in [7, 11) is 0. The summed E-state index contributed by atoms with van der Waals surface area (Å²) in [6.07, 6.45) is 3.27. The summed E-state index contributed by atoms with van der Waals surface area (Å²) in [5.74, 6) is 0.166. The molecule has 1 aliphatic heterocycles. The number of benzene rings is 1. The fraction of sp³-hybridized carbons (Fsp3) is 0.529. The van der Waals surface area contributed by atoms with Crippen LogP contribution in [-0.2, 0) is 4.79 Å². The highest BCUT2D eigenvalue weighted by molar-refractivity contribution is 5.89. The van der Waals surface area contributed by atoms with Gasteiger partial charge < -0.3 is 15.5 Å². The van der Waals surface area contributed by atoms with Crippen molar-refractivity contribution in [2.75, 3.05) is 25.0 Å². The number of rotatable bonds is 5. The maximum atomic E-state index is 13.5. The highest BCUT2D eigenvalue weighted by Gasteiger charge is 2.23. The molecule has 1 fully saturated rings. The van der Waals surface area contributed by atoms with Crippen LogP contribution in [0, 0.1) is 11.7 Å². The van der Waals surface area contributed by atoms with Crippen molar-refractivity contribution in [3.63, 3.8) is 0 Å². The summed E-state index contributed by atoms with van der Waals surface area (Å²) in [5, 5.41) is 5.49. The molecule has 23 heavy (non-hydrogen) atoms. The number of hydrogen-bond acceptors (Lipinski definition) is 2. The van der Waals surface area contributed by atoms with Gasteiger partial charge in [-0.25, -0.2) is 9.18 Å². The standard InChI is InChI=1S/C17H24FN3O2/c1-2-16(22)19-10-7-13-8-11-21(12-9-13)17(23)20-15-6-4-3-5-14(15)18/h3-6,13H,2,7-12H2,1H3,(H,19,22)(H,20,23). The van der Waals surface area contributed by atoms with E-state index in [4.69, 9.17) is 0 Å². The van der Waals surface area contributed by atoms with Gasteiger partial charge in [-0.05, 0) is 37.3 Å². The van der Waals surface area contributed by atoms with Crippen LogP contribution < -0.4 is 10.6 Å². The van der Waals surface area contributed by atoms with E-state index >= 15 is 0 Å². The van der Waals surface area contributed by atoms with Gasteiger partial charge in [-0.15, -0.1) is 0 Å². The van der Waals surface area contributed by atoms with Gasteiger partial charge in [0.05, 0.1) is 5.69 Å². The first-order valence-corrected chi connectivity index (χ1v) is 8.17. The van der Waals surface area contributed by atoms with E-state index in [0.717, 1.165) is 19.3 Å². The molecule has 126 valence electrons. The van der Waals surface area contributed by atoms with Crippen LogP contribution in [0.1, 0.15) is 32.6 Å². The molecule has 5 nitrogen and oxygen atoms in total. The van der Waals surface area contributed by atoms with Crippen molar-refractivity contribution in [1.82, 2.24) is 10.2 Å². The molecule has 0 spiro atoms. The number of halogens is 1. The van der Waals surface area contributed by atoms with Crippen molar-refractivity contribution in [3.8, 4) is 0 Å². The Balaban J connectivity index is 1.72. The Morgan fingerprint density at radius 2 is 1.96 bits per heavy atom. The third kappa shape index (κ3) is 5.23. The number of piperidine rings is 1. The average molecular weight is 321 g/mol. The number of anilines is 1. The van der Waals surface area contributed by atoms with E-state index in [1.807, 2.05) is 6.92 Å². The Hall–Kier alpha value is -2.11. The molecule has 0 unspecified atom stereocenters. The number of hydrogen-bond donors (Lipinski definition) is 2. The van der Waals surface area contributed by atoms with Gasteiger partial charge in [-0.2, -0.15) is 0 Å². The van der Waals surface area contributed by atoms with E-state index in [1.165, 1.54) is 6.07 Å². The number of likely N-dealkylation sites (tertiary alicyclic amines) is 1. The molecule has 0 bridgehead atoms. The van der Waals surface area contributed by atoms with Gasteiger partial charge >= 0.3 is 6.03 Å². The van der Waals surface area contributed by atoms with E-state index in [9.17, 15) is 14.0 Å². The predicted octanol–water partition coefficient (Wildman–Crippen LogP) is 2.99. The molecule has 2 N–H and O–H groups in total. The van der Waals surface area contributed by atoms with Gasteiger partial charge in [0.2, 0.25) is 5.91 Å². The molecule has 3 amide bonds. The van der Waals surface area contributed by atoms with Gasteiger partial charge in [-0.3, -0.25) is 4.79 Å².